The first kappa shape index (κ1) is 20.3. The number of benzene rings is 1. The summed E-state index contributed by atoms with van der Waals surface area (Å²) in [7, 11) is 0. The molecule has 150 valence electrons. The Morgan fingerprint density at radius 1 is 1.17 bits per heavy atom. The van der Waals surface area contributed by atoms with Crippen molar-refractivity contribution in [2.45, 2.75) is 34.6 Å². The van der Waals surface area contributed by atoms with E-state index in [1.165, 1.54) is 17.0 Å². The van der Waals surface area contributed by atoms with Crippen molar-refractivity contribution < 1.29 is 14.3 Å². The van der Waals surface area contributed by atoms with Gasteiger partial charge in [0.1, 0.15) is 5.56 Å². The molecule has 3 rings (SSSR count). The van der Waals surface area contributed by atoms with Crippen molar-refractivity contribution in [1.82, 2.24) is 14.8 Å². The number of nitrogens with zero attached hydrogens (tertiary/aromatic N) is 3. The third-order valence-corrected chi connectivity index (χ3v) is 4.48. The number of carbonyl (C=O) groups excluding carboxylic acids is 2. The molecule has 1 amide bonds. The Balaban J connectivity index is 2.19. The summed E-state index contributed by atoms with van der Waals surface area (Å²) in [4.78, 5) is 29.3. The number of amides is 1. The van der Waals surface area contributed by atoms with Gasteiger partial charge in [0.15, 0.2) is 11.6 Å². The van der Waals surface area contributed by atoms with Crippen LogP contribution in [0.2, 0.25) is 0 Å². The summed E-state index contributed by atoms with van der Waals surface area (Å²) in [5.41, 5.74) is 4.25. The molecule has 3 aromatic rings. The number of rotatable bonds is 5. The van der Waals surface area contributed by atoms with Crippen molar-refractivity contribution in [1.29, 1.82) is 0 Å². The van der Waals surface area contributed by atoms with E-state index in [2.05, 4.69) is 22.5 Å². The van der Waals surface area contributed by atoms with Crippen molar-refractivity contribution in [3.05, 3.63) is 58.8 Å². The van der Waals surface area contributed by atoms with Crippen molar-refractivity contribution in [2.24, 2.45) is 0 Å². The Labute approximate surface area is 169 Å². The fourth-order valence-corrected chi connectivity index (χ4v) is 3.25. The third-order valence-electron chi connectivity index (χ3n) is 4.48. The fraction of sp³-hybridized carbons (Fsp3) is 0.273. The number of ether oxygens (including phenoxy) is 1. The van der Waals surface area contributed by atoms with Crippen LogP contribution in [0.1, 0.15) is 40.9 Å². The zero-order valence-corrected chi connectivity index (χ0v) is 17.2. The van der Waals surface area contributed by atoms with Gasteiger partial charge in [-0.25, -0.2) is 9.78 Å². The van der Waals surface area contributed by atoms with E-state index in [-0.39, 0.29) is 23.9 Å². The van der Waals surface area contributed by atoms with E-state index in [0.717, 1.165) is 27.6 Å². The molecule has 0 unspecified atom stereocenters. The van der Waals surface area contributed by atoms with Gasteiger partial charge in [-0.1, -0.05) is 17.7 Å². The van der Waals surface area contributed by atoms with Crippen LogP contribution < -0.4 is 5.32 Å². The average molecular weight is 392 g/mol. The molecular formula is C22H24N4O3. The number of esters is 1. The van der Waals surface area contributed by atoms with Crippen LogP contribution in [0.25, 0.3) is 16.7 Å². The number of nitrogens with one attached hydrogen (secondary N) is 1. The molecule has 2 heterocycles. The van der Waals surface area contributed by atoms with Gasteiger partial charge in [-0.3, -0.25) is 4.79 Å². The second-order valence-electron chi connectivity index (χ2n) is 6.80. The Hall–Kier alpha value is -3.48. The van der Waals surface area contributed by atoms with Gasteiger partial charge >= 0.3 is 5.97 Å². The lowest BCUT2D eigenvalue weighted by atomic mass is 10.0. The van der Waals surface area contributed by atoms with Gasteiger partial charge < -0.3 is 10.1 Å². The second-order valence-corrected chi connectivity index (χ2v) is 6.80. The third kappa shape index (κ3) is 4.03. The Kier molecular flexibility index (Phi) is 5.77. The lowest BCUT2D eigenvalue weighted by Crippen LogP contribution is -2.16. The Bertz CT molecular complexity index is 1130. The summed E-state index contributed by atoms with van der Waals surface area (Å²) in [5, 5.41) is 8.09. The van der Waals surface area contributed by atoms with Crippen molar-refractivity contribution >= 4 is 28.6 Å². The van der Waals surface area contributed by atoms with Crippen LogP contribution in [-0.4, -0.2) is 33.2 Å². The van der Waals surface area contributed by atoms with Crippen molar-refractivity contribution in [3.8, 4) is 5.82 Å². The van der Waals surface area contributed by atoms with Gasteiger partial charge in [-0.05, 0) is 64.0 Å². The first-order chi connectivity index (χ1) is 13.8. The molecule has 0 bridgehead atoms. The maximum absolute atomic E-state index is 12.4. The minimum absolute atomic E-state index is 0.171. The highest BCUT2D eigenvalue weighted by Crippen LogP contribution is 2.27. The van der Waals surface area contributed by atoms with E-state index in [4.69, 9.17) is 9.72 Å². The molecule has 1 N–H and O–H groups in total. The van der Waals surface area contributed by atoms with Gasteiger partial charge in [-0.15, -0.1) is 0 Å². The molecule has 0 aliphatic carbocycles. The minimum atomic E-state index is -0.557. The monoisotopic (exact) mass is 392 g/mol. The van der Waals surface area contributed by atoms with Crippen LogP contribution in [-0.2, 0) is 9.53 Å². The highest BCUT2D eigenvalue weighted by molar-refractivity contribution is 6.04. The molecule has 0 aliphatic heterocycles. The standard InChI is InChI=1S/C22H24N4O3/c1-6-8-19(27)25-21-17(22(28)29-7-2)12-23-26(21)18-11-14(4)16-10-13(3)9-15(5)20(16)24-18/h6,8-12H,7H2,1-5H3,(H,25,27)/b8-6+. The summed E-state index contributed by atoms with van der Waals surface area (Å²) in [6.45, 7) is 9.74. The van der Waals surface area contributed by atoms with Crippen LogP contribution in [0.4, 0.5) is 5.82 Å². The largest absolute Gasteiger partial charge is 0.462 e. The molecule has 1 aromatic carbocycles. The zero-order valence-electron chi connectivity index (χ0n) is 17.2. The molecule has 7 heteroatoms. The summed E-state index contributed by atoms with van der Waals surface area (Å²) in [6.07, 6.45) is 4.37. The summed E-state index contributed by atoms with van der Waals surface area (Å²) >= 11 is 0. The van der Waals surface area contributed by atoms with Gasteiger partial charge in [0.25, 0.3) is 0 Å². The number of allylic oxidation sites excluding steroid dienone is 1. The summed E-state index contributed by atoms with van der Waals surface area (Å²) < 4.78 is 6.56. The molecule has 0 fully saturated rings. The second kappa shape index (κ2) is 8.26. The number of anilines is 1. The van der Waals surface area contributed by atoms with Gasteiger partial charge in [0.05, 0.1) is 18.3 Å². The number of aryl methyl sites for hydroxylation is 3. The number of hydrogen-bond acceptors (Lipinski definition) is 5. The van der Waals surface area contributed by atoms with Gasteiger partial charge in [0.2, 0.25) is 5.91 Å². The average Bonchev–Trinajstić information content (AvgIpc) is 3.06. The van der Waals surface area contributed by atoms with Crippen molar-refractivity contribution in [2.75, 3.05) is 11.9 Å². The maximum Gasteiger partial charge on any atom is 0.343 e. The highest BCUT2D eigenvalue weighted by Gasteiger charge is 2.22. The molecule has 0 aliphatic rings. The normalized spacial score (nSPS) is 11.2. The lowest BCUT2D eigenvalue weighted by Gasteiger charge is -2.13. The molecule has 0 radical (unpaired) electrons. The number of carbonyl (C=O) groups is 2. The van der Waals surface area contributed by atoms with Crippen molar-refractivity contribution in [3.63, 3.8) is 0 Å². The predicted molar refractivity (Wildman–Crippen MR) is 112 cm³/mol. The van der Waals surface area contributed by atoms with Gasteiger partial charge in [-0.2, -0.15) is 9.78 Å². The summed E-state index contributed by atoms with van der Waals surface area (Å²) in [6, 6.07) is 6.05. The predicted octanol–water partition coefficient (Wildman–Crippen LogP) is 4.04. The highest BCUT2D eigenvalue weighted by atomic mass is 16.5. The van der Waals surface area contributed by atoms with Gasteiger partial charge in [0, 0.05) is 5.39 Å². The van der Waals surface area contributed by atoms with Crippen LogP contribution in [0.3, 0.4) is 0 Å². The molecular weight excluding hydrogens is 368 g/mol. The number of pyridine rings is 1. The Morgan fingerprint density at radius 2 is 1.93 bits per heavy atom. The number of hydrogen-bond donors (Lipinski definition) is 1. The molecule has 29 heavy (non-hydrogen) atoms. The first-order valence-electron chi connectivity index (χ1n) is 9.43. The fourth-order valence-electron chi connectivity index (χ4n) is 3.25. The van der Waals surface area contributed by atoms with E-state index < -0.39 is 5.97 Å². The van der Waals surface area contributed by atoms with Crippen LogP contribution in [0.15, 0.2) is 36.5 Å². The topological polar surface area (TPSA) is 86.1 Å². The van der Waals surface area contributed by atoms with E-state index in [9.17, 15) is 9.59 Å². The number of fused-ring (bicyclic) bond motifs is 1. The van der Waals surface area contributed by atoms with E-state index in [0.29, 0.717) is 5.82 Å². The molecule has 7 nitrogen and oxygen atoms in total. The molecule has 2 aromatic heterocycles. The smallest absolute Gasteiger partial charge is 0.343 e. The van der Waals surface area contributed by atoms with Crippen LogP contribution in [0, 0.1) is 20.8 Å². The maximum atomic E-state index is 12.4. The van der Waals surface area contributed by atoms with Crippen LogP contribution in [0.5, 0.6) is 0 Å². The van der Waals surface area contributed by atoms with E-state index in [1.807, 2.05) is 26.8 Å². The van der Waals surface area contributed by atoms with Crippen LogP contribution >= 0.6 is 0 Å². The van der Waals surface area contributed by atoms with E-state index in [1.54, 1.807) is 19.9 Å². The first-order valence-corrected chi connectivity index (χ1v) is 9.43. The van der Waals surface area contributed by atoms with E-state index >= 15 is 0 Å². The SMILES string of the molecule is C/C=C/C(=O)Nc1c(C(=O)OCC)cnn1-c1cc(C)c2cc(C)cc(C)c2n1. The minimum Gasteiger partial charge on any atom is -0.462 e. The lowest BCUT2D eigenvalue weighted by molar-refractivity contribution is -0.111. The molecule has 0 atom stereocenters. The molecule has 0 saturated carbocycles. The molecule has 0 spiro atoms. The number of aromatic nitrogens is 3. The summed E-state index contributed by atoms with van der Waals surface area (Å²) in [5.74, 6) is -0.196. The Morgan fingerprint density at radius 3 is 2.62 bits per heavy atom. The zero-order chi connectivity index (χ0) is 21.1. The molecule has 0 saturated heterocycles. The quantitative estimate of drug-likeness (QED) is 0.523.